The normalized spacial score (nSPS) is 21.5. The highest BCUT2D eigenvalue weighted by Gasteiger charge is 2.48. The number of halogens is 3. The Hall–Kier alpha value is -1.05. The van der Waals surface area contributed by atoms with Crippen LogP contribution in [0.2, 0.25) is 0 Å². The summed E-state index contributed by atoms with van der Waals surface area (Å²) in [5.74, 6) is -0.610. The van der Waals surface area contributed by atoms with Crippen LogP contribution < -0.4 is 5.43 Å². The number of Topliss-reactive ketones (excluding diaryl/α,β-unsaturated/α-hetero) is 1. The average molecular weight is 396 g/mol. The number of aliphatic hydroxyl groups excluding tert-OH is 1. The van der Waals surface area contributed by atoms with Crippen molar-refractivity contribution in [1.82, 2.24) is 10.4 Å². The fourth-order valence-electron chi connectivity index (χ4n) is 2.67. The Morgan fingerprint density at radius 1 is 1.33 bits per heavy atom. The molecule has 0 radical (unpaired) electrons. The van der Waals surface area contributed by atoms with Crippen LogP contribution in [0.4, 0.5) is 4.79 Å². The second kappa shape index (κ2) is 7.89. The molecule has 1 fully saturated rings. The van der Waals surface area contributed by atoms with Gasteiger partial charge in [0.2, 0.25) is 0 Å². The standard InChI is InChI=1S/C15H17Cl3N2O4/c16-9-15(17,18)24-13(23)19-20-8-4-7-14(20,10-21)12(22)11-5-2-1-3-6-11/h1-3,5-6,21H,4,7-10H2,(H,19,23). The van der Waals surface area contributed by atoms with E-state index < -0.39 is 22.8 Å². The third kappa shape index (κ3) is 4.13. The topological polar surface area (TPSA) is 78.9 Å². The smallest absolute Gasteiger partial charge is 0.410 e. The molecular weight excluding hydrogens is 379 g/mol. The Morgan fingerprint density at radius 3 is 2.58 bits per heavy atom. The summed E-state index contributed by atoms with van der Waals surface area (Å²) in [5, 5.41) is 11.2. The molecule has 1 aromatic carbocycles. The Bertz CT molecular complexity index is 600. The second-order valence-corrected chi connectivity index (χ2v) is 7.09. The van der Waals surface area contributed by atoms with Gasteiger partial charge in [-0.3, -0.25) is 10.2 Å². The summed E-state index contributed by atoms with van der Waals surface area (Å²) >= 11 is 16.9. The van der Waals surface area contributed by atoms with Crippen molar-refractivity contribution >= 4 is 46.7 Å². The number of nitrogens with zero attached hydrogens (tertiary/aromatic N) is 1. The summed E-state index contributed by atoms with van der Waals surface area (Å²) in [6.07, 6.45) is 0.0445. The lowest BCUT2D eigenvalue weighted by Crippen LogP contribution is -2.60. The van der Waals surface area contributed by atoms with Crippen LogP contribution in [0.25, 0.3) is 0 Å². The summed E-state index contributed by atoms with van der Waals surface area (Å²) in [7, 11) is 0. The zero-order valence-electron chi connectivity index (χ0n) is 12.7. The van der Waals surface area contributed by atoms with Gasteiger partial charge in [-0.25, -0.2) is 9.80 Å². The zero-order valence-corrected chi connectivity index (χ0v) is 14.9. The van der Waals surface area contributed by atoms with Gasteiger partial charge in [0.1, 0.15) is 5.54 Å². The van der Waals surface area contributed by atoms with Gasteiger partial charge >= 0.3 is 6.09 Å². The molecule has 2 N–H and O–H groups in total. The van der Waals surface area contributed by atoms with E-state index in [4.69, 9.17) is 39.5 Å². The van der Waals surface area contributed by atoms with Gasteiger partial charge in [-0.2, -0.15) is 0 Å². The number of hydrogen-bond acceptors (Lipinski definition) is 5. The number of rotatable bonds is 6. The highest BCUT2D eigenvalue weighted by molar-refractivity contribution is 6.50. The number of amides is 1. The highest BCUT2D eigenvalue weighted by atomic mass is 35.5. The number of ether oxygens (including phenoxy) is 1. The molecule has 2 rings (SSSR count). The molecule has 1 amide bonds. The second-order valence-electron chi connectivity index (χ2n) is 5.41. The lowest BCUT2D eigenvalue weighted by Gasteiger charge is -2.35. The minimum atomic E-state index is -1.88. The van der Waals surface area contributed by atoms with Crippen molar-refractivity contribution in [2.24, 2.45) is 0 Å². The van der Waals surface area contributed by atoms with E-state index in [1.54, 1.807) is 30.3 Å². The van der Waals surface area contributed by atoms with E-state index in [-0.39, 0.29) is 11.7 Å². The number of hydrogen-bond donors (Lipinski definition) is 2. The molecule has 1 aliphatic rings. The SMILES string of the molecule is O=C(NN1CCCC1(CO)C(=O)c1ccccc1)OC(Cl)(Cl)CCl. The van der Waals surface area contributed by atoms with Crippen LogP contribution in [0.3, 0.4) is 0 Å². The third-order valence-corrected chi connectivity index (χ3v) is 4.90. The molecule has 0 aromatic heterocycles. The molecule has 1 saturated heterocycles. The highest BCUT2D eigenvalue weighted by Crippen LogP contribution is 2.31. The van der Waals surface area contributed by atoms with E-state index in [9.17, 15) is 14.7 Å². The minimum Gasteiger partial charge on any atom is -0.410 e. The molecule has 1 aliphatic heterocycles. The van der Waals surface area contributed by atoms with E-state index in [2.05, 4.69) is 5.43 Å². The quantitative estimate of drug-likeness (QED) is 0.572. The average Bonchev–Trinajstić information content (AvgIpc) is 2.98. The molecule has 0 aliphatic carbocycles. The summed E-state index contributed by atoms with van der Waals surface area (Å²) in [6.45, 7) is -0.0872. The van der Waals surface area contributed by atoms with Gasteiger partial charge in [0, 0.05) is 12.1 Å². The van der Waals surface area contributed by atoms with Gasteiger partial charge < -0.3 is 9.84 Å². The predicted octanol–water partition coefficient (Wildman–Crippen LogP) is 2.71. The number of hydrazine groups is 1. The van der Waals surface area contributed by atoms with Crippen LogP contribution in [0.15, 0.2) is 30.3 Å². The van der Waals surface area contributed by atoms with Gasteiger partial charge in [-0.15, -0.1) is 11.6 Å². The fraction of sp³-hybridized carbons (Fsp3) is 0.467. The lowest BCUT2D eigenvalue weighted by atomic mass is 9.88. The maximum absolute atomic E-state index is 12.9. The van der Waals surface area contributed by atoms with Crippen LogP contribution in [-0.4, -0.2) is 51.1 Å². The van der Waals surface area contributed by atoms with E-state index in [1.165, 1.54) is 5.01 Å². The van der Waals surface area contributed by atoms with E-state index in [1.807, 2.05) is 0 Å². The van der Waals surface area contributed by atoms with Gasteiger partial charge in [0.15, 0.2) is 5.78 Å². The Morgan fingerprint density at radius 2 is 2.00 bits per heavy atom. The van der Waals surface area contributed by atoms with Crippen molar-refractivity contribution in [2.75, 3.05) is 19.0 Å². The van der Waals surface area contributed by atoms with Crippen molar-refractivity contribution < 1.29 is 19.4 Å². The molecular formula is C15H17Cl3N2O4. The molecule has 0 bridgehead atoms. The Kier molecular flexibility index (Phi) is 6.33. The van der Waals surface area contributed by atoms with Crippen LogP contribution in [0, 0.1) is 0 Å². The van der Waals surface area contributed by atoms with Crippen LogP contribution in [0.5, 0.6) is 0 Å². The molecule has 0 spiro atoms. The van der Waals surface area contributed by atoms with Crippen molar-refractivity contribution in [1.29, 1.82) is 0 Å². The fourth-order valence-corrected chi connectivity index (χ4v) is 2.86. The van der Waals surface area contributed by atoms with Crippen LogP contribution in [0.1, 0.15) is 23.2 Å². The first-order valence-corrected chi connectivity index (χ1v) is 8.55. The first kappa shape index (κ1) is 19.3. The van der Waals surface area contributed by atoms with E-state index in [0.717, 1.165) is 0 Å². The maximum atomic E-state index is 12.9. The van der Waals surface area contributed by atoms with Crippen LogP contribution in [-0.2, 0) is 4.74 Å². The third-order valence-electron chi connectivity index (χ3n) is 3.83. The molecule has 1 heterocycles. The molecule has 0 saturated carbocycles. The van der Waals surface area contributed by atoms with Crippen molar-refractivity contribution in [2.45, 2.75) is 22.9 Å². The molecule has 132 valence electrons. The molecule has 6 nitrogen and oxygen atoms in total. The maximum Gasteiger partial charge on any atom is 0.424 e. The summed E-state index contributed by atoms with van der Waals surface area (Å²) in [4.78, 5) is 24.8. The number of aliphatic hydroxyl groups is 1. The van der Waals surface area contributed by atoms with E-state index >= 15 is 0 Å². The van der Waals surface area contributed by atoms with E-state index in [0.29, 0.717) is 24.9 Å². The number of ketones is 1. The molecule has 1 aromatic rings. The molecule has 9 heteroatoms. The van der Waals surface area contributed by atoms with Gasteiger partial charge in [0.25, 0.3) is 4.52 Å². The van der Waals surface area contributed by atoms with Gasteiger partial charge in [-0.1, -0.05) is 53.5 Å². The summed E-state index contributed by atoms with van der Waals surface area (Å²) in [5.41, 5.74) is 1.61. The first-order valence-electron chi connectivity index (χ1n) is 7.26. The first-order chi connectivity index (χ1) is 11.3. The van der Waals surface area contributed by atoms with Gasteiger partial charge in [0.05, 0.1) is 12.5 Å². The van der Waals surface area contributed by atoms with Crippen molar-refractivity contribution in [3.8, 4) is 0 Å². The zero-order chi connectivity index (χ0) is 17.8. The number of carbonyl (C=O) groups is 2. The molecule has 1 unspecified atom stereocenters. The number of alkyl halides is 3. The predicted molar refractivity (Wildman–Crippen MR) is 91.3 cm³/mol. The van der Waals surface area contributed by atoms with Gasteiger partial charge in [-0.05, 0) is 12.8 Å². The number of carbonyl (C=O) groups excluding carboxylic acids is 2. The Labute approximate surface area is 154 Å². The van der Waals surface area contributed by atoms with Crippen molar-refractivity contribution in [3.05, 3.63) is 35.9 Å². The van der Waals surface area contributed by atoms with Crippen molar-refractivity contribution in [3.63, 3.8) is 0 Å². The largest absolute Gasteiger partial charge is 0.424 e. The number of benzene rings is 1. The summed E-state index contributed by atoms with van der Waals surface area (Å²) < 4.78 is 2.91. The van der Waals surface area contributed by atoms with Crippen LogP contribution >= 0.6 is 34.8 Å². The lowest BCUT2D eigenvalue weighted by molar-refractivity contribution is 0.0187. The molecule has 1 atom stereocenters. The number of nitrogens with one attached hydrogen (secondary N) is 1. The Balaban J connectivity index is 2.17. The monoisotopic (exact) mass is 394 g/mol. The molecule has 24 heavy (non-hydrogen) atoms. The summed E-state index contributed by atoms with van der Waals surface area (Å²) in [6, 6.07) is 8.57. The minimum absolute atomic E-state index is 0.288.